The van der Waals surface area contributed by atoms with Gasteiger partial charge in [-0.3, -0.25) is 14.4 Å². The van der Waals surface area contributed by atoms with Crippen molar-refractivity contribution in [3.05, 3.63) is 146 Å². The number of carbonyl (C=O) groups excluding carboxylic acids is 3. The van der Waals surface area contributed by atoms with E-state index >= 15 is 0 Å². The first-order chi connectivity index (χ1) is 35.0. The molecule has 0 aromatic heterocycles. The van der Waals surface area contributed by atoms with E-state index in [1.165, 1.54) is 70.6 Å². The fourth-order valence-corrected chi connectivity index (χ4v) is 7.06. The average Bonchev–Trinajstić information content (AvgIpc) is 3.37. The normalized spacial score (nSPS) is 13.2. The molecule has 0 aliphatic rings. The molecule has 0 saturated heterocycles. The van der Waals surface area contributed by atoms with E-state index in [2.05, 4.69) is 167 Å². The van der Waals surface area contributed by atoms with Gasteiger partial charge in [0.05, 0.1) is 0 Å². The van der Waals surface area contributed by atoms with Crippen molar-refractivity contribution in [2.45, 2.75) is 232 Å². The van der Waals surface area contributed by atoms with Crippen LogP contribution in [0.5, 0.6) is 0 Å². The van der Waals surface area contributed by atoms with E-state index in [1.807, 2.05) is 0 Å². The highest BCUT2D eigenvalue weighted by molar-refractivity contribution is 5.71. The van der Waals surface area contributed by atoms with Gasteiger partial charge in [-0.2, -0.15) is 0 Å². The molecule has 1 atom stereocenters. The van der Waals surface area contributed by atoms with E-state index < -0.39 is 12.1 Å². The second-order valence-corrected chi connectivity index (χ2v) is 18.1. The molecule has 0 N–H and O–H groups in total. The molecule has 0 rings (SSSR count). The summed E-state index contributed by atoms with van der Waals surface area (Å²) < 4.78 is 16.7. The van der Waals surface area contributed by atoms with E-state index in [9.17, 15) is 14.4 Å². The van der Waals surface area contributed by atoms with Gasteiger partial charge in [-0.15, -0.1) is 0 Å². The van der Waals surface area contributed by atoms with Gasteiger partial charge in [0.25, 0.3) is 0 Å². The SMILES string of the molecule is CC/C=C\C/C=C\C/C=C\C/C=C\C/C=C\CCCC(=O)O[C@@H](COC(=O)CCC/C=C\C/C=C\C/C=C\CCCCCCCC)COC(=O)CCCCC/C=C\C/C=C\C/C=C\C/C=C\CCCCC. The fourth-order valence-electron chi connectivity index (χ4n) is 7.06. The molecule has 0 amide bonds. The smallest absolute Gasteiger partial charge is 0.306 e. The van der Waals surface area contributed by atoms with Crippen LogP contribution >= 0.6 is 0 Å². The van der Waals surface area contributed by atoms with Crippen LogP contribution < -0.4 is 0 Å². The number of rotatable bonds is 49. The Morgan fingerprint density at radius 2 is 0.563 bits per heavy atom. The Hall–Kier alpha value is -4.71. The Morgan fingerprint density at radius 1 is 0.296 bits per heavy atom. The summed E-state index contributed by atoms with van der Waals surface area (Å²) in [5.74, 6) is -1.09. The number of allylic oxidation sites excluding steroid dienone is 24. The van der Waals surface area contributed by atoms with Crippen LogP contribution in [-0.2, 0) is 28.6 Å². The van der Waals surface area contributed by atoms with Gasteiger partial charge >= 0.3 is 17.9 Å². The zero-order valence-electron chi connectivity index (χ0n) is 45.4. The molecule has 0 saturated carbocycles. The first-order valence-electron chi connectivity index (χ1n) is 28.3. The summed E-state index contributed by atoms with van der Waals surface area (Å²) in [4.78, 5) is 38.1. The van der Waals surface area contributed by atoms with E-state index in [0.29, 0.717) is 19.3 Å². The lowest BCUT2D eigenvalue weighted by atomic mass is 10.1. The molecule has 0 unspecified atom stereocenters. The van der Waals surface area contributed by atoms with Gasteiger partial charge in [0.2, 0.25) is 0 Å². The van der Waals surface area contributed by atoms with Gasteiger partial charge in [0, 0.05) is 19.3 Å². The molecule has 0 fully saturated rings. The first kappa shape index (κ1) is 66.3. The minimum atomic E-state index is -0.848. The van der Waals surface area contributed by atoms with E-state index in [-0.39, 0.29) is 38.0 Å². The molecule has 0 radical (unpaired) electrons. The second kappa shape index (κ2) is 57.9. The minimum absolute atomic E-state index is 0.139. The fraction of sp³-hybridized carbons (Fsp3) is 0.585. The molecule has 6 nitrogen and oxygen atoms in total. The Morgan fingerprint density at radius 3 is 0.944 bits per heavy atom. The highest BCUT2D eigenvalue weighted by Crippen LogP contribution is 2.11. The van der Waals surface area contributed by atoms with Crippen molar-refractivity contribution in [3.63, 3.8) is 0 Å². The van der Waals surface area contributed by atoms with Crippen LogP contribution in [0.25, 0.3) is 0 Å². The largest absolute Gasteiger partial charge is 0.462 e. The molecule has 0 heterocycles. The topological polar surface area (TPSA) is 78.9 Å². The monoisotopic (exact) mass is 979 g/mol. The summed E-state index contributed by atoms with van der Waals surface area (Å²) >= 11 is 0. The van der Waals surface area contributed by atoms with Crippen molar-refractivity contribution in [2.24, 2.45) is 0 Å². The van der Waals surface area contributed by atoms with Crippen molar-refractivity contribution < 1.29 is 28.6 Å². The predicted molar refractivity (Wildman–Crippen MR) is 306 cm³/mol. The van der Waals surface area contributed by atoms with Crippen LogP contribution in [0, 0.1) is 0 Å². The molecule has 0 aliphatic heterocycles. The van der Waals surface area contributed by atoms with Crippen LogP contribution in [0.15, 0.2) is 146 Å². The van der Waals surface area contributed by atoms with Gasteiger partial charge < -0.3 is 14.2 Å². The quantitative estimate of drug-likeness (QED) is 0.0262. The zero-order chi connectivity index (χ0) is 51.4. The van der Waals surface area contributed by atoms with E-state index in [4.69, 9.17) is 14.2 Å². The number of unbranched alkanes of at least 4 members (excludes halogenated alkanes) is 14. The number of hydrogen-bond donors (Lipinski definition) is 0. The third-order valence-corrected chi connectivity index (χ3v) is 11.3. The molecule has 398 valence electrons. The van der Waals surface area contributed by atoms with Crippen LogP contribution in [0.3, 0.4) is 0 Å². The van der Waals surface area contributed by atoms with Crippen LogP contribution in [-0.4, -0.2) is 37.2 Å². The molecular weight excluding hydrogens is 877 g/mol. The lowest BCUT2D eigenvalue weighted by Gasteiger charge is -2.18. The number of hydrogen-bond acceptors (Lipinski definition) is 6. The number of esters is 3. The highest BCUT2D eigenvalue weighted by atomic mass is 16.6. The summed E-state index contributed by atoms with van der Waals surface area (Å²) in [7, 11) is 0. The molecule has 71 heavy (non-hydrogen) atoms. The molecule has 0 spiro atoms. The van der Waals surface area contributed by atoms with Gasteiger partial charge in [0.15, 0.2) is 6.10 Å². The summed E-state index contributed by atoms with van der Waals surface area (Å²) in [5.41, 5.74) is 0. The molecule has 6 heteroatoms. The Bertz CT molecular complexity index is 1590. The third kappa shape index (κ3) is 56.1. The number of ether oxygens (including phenoxy) is 3. The molecule has 0 aromatic rings. The van der Waals surface area contributed by atoms with Crippen molar-refractivity contribution in [3.8, 4) is 0 Å². The first-order valence-corrected chi connectivity index (χ1v) is 28.3. The molecule has 0 aromatic carbocycles. The number of carbonyl (C=O) groups is 3. The van der Waals surface area contributed by atoms with Crippen LogP contribution in [0.4, 0.5) is 0 Å². The second-order valence-electron chi connectivity index (χ2n) is 18.1. The van der Waals surface area contributed by atoms with Crippen molar-refractivity contribution in [2.75, 3.05) is 13.2 Å². The average molecular weight is 980 g/mol. The molecule has 0 aliphatic carbocycles. The summed E-state index contributed by atoms with van der Waals surface area (Å²) in [6.45, 7) is 6.35. The minimum Gasteiger partial charge on any atom is -0.462 e. The maximum Gasteiger partial charge on any atom is 0.306 e. The van der Waals surface area contributed by atoms with Gasteiger partial charge in [-0.1, -0.05) is 218 Å². The predicted octanol–water partition coefficient (Wildman–Crippen LogP) is 19.2. The third-order valence-electron chi connectivity index (χ3n) is 11.3. The van der Waals surface area contributed by atoms with E-state index in [1.54, 1.807) is 0 Å². The Kier molecular flexibility index (Phi) is 54.0. The molecule has 0 bridgehead atoms. The summed E-state index contributed by atoms with van der Waals surface area (Å²) in [6, 6.07) is 0. The molecular formula is C65H102O6. The maximum atomic E-state index is 12.8. The van der Waals surface area contributed by atoms with E-state index in [0.717, 1.165) is 103 Å². The highest BCUT2D eigenvalue weighted by Gasteiger charge is 2.19. The van der Waals surface area contributed by atoms with Crippen molar-refractivity contribution in [1.82, 2.24) is 0 Å². The Labute approximate surface area is 436 Å². The van der Waals surface area contributed by atoms with Crippen LogP contribution in [0.1, 0.15) is 226 Å². The lowest BCUT2D eigenvalue weighted by molar-refractivity contribution is -0.167. The zero-order valence-corrected chi connectivity index (χ0v) is 45.4. The van der Waals surface area contributed by atoms with Gasteiger partial charge in [-0.25, -0.2) is 0 Å². The van der Waals surface area contributed by atoms with Gasteiger partial charge in [0.1, 0.15) is 13.2 Å². The maximum absolute atomic E-state index is 12.8. The Balaban J connectivity index is 4.64. The standard InChI is InChI=1S/C65H102O6/c1-4-7-10-13-16-19-22-25-28-31-32-35-37-40-43-46-49-52-55-58-64(67)70-61-62(71-65(68)59-56-53-50-47-44-41-38-34-30-27-24-21-18-15-12-9-6-3)60-69-63(66)57-54-51-48-45-42-39-36-33-29-26-23-20-17-14-11-8-5-2/h9,12,16,18-19,21,25-30,32,35-36,38-41,43,45,47-48,50,62H,4-8,10-11,13-15,17,20,22-24,31,33-34,37,42,44,46,49,51-61H2,1-3H3/b12-9-,19-16-,21-18-,28-25-,29-26-,30-27-,35-32-,39-36-,41-38-,43-40-,48-45-,50-47-/t62-/m0/s1. The van der Waals surface area contributed by atoms with Gasteiger partial charge in [-0.05, 0) is 135 Å². The van der Waals surface area contributed by atoms with Crippen molar-refractivity contribution in [1.29, 1.82) is 0 Å². The lowest BCUT2D eigenvalue weighted by Crippen LogP contribution is -2.30. The summed E-state index contributed by atoms with van der Waals surface area (Å²) in [6.07, 6.45) is 82.7. The van der Waals surface area contributed by atoms with Crippen LogP contribution in [0.2, 0.25) is 0 Å². The summed E-state index contributed by atoms with van der Waals surface area (Å²) in [5, 5.41) is 0. The van der Waals surface area contributed by atoms with Crippen molar-refractivity contribution >= 4 is 17.9 Å².